The van der Waals surface area contributed by atoms with E-state index in [1.165, 1.54) is 0 Å². The third-order valence-corrected chi connectivity index (χ3v) is 3.70. The van der Waals surface area contributed by atoms with Gasteiger partial charge in [0.1, 0.15) is 6.29 Å². The van der Waals surface area contributed by atoms with Crippen LogP contribution in [0.1, 0.15) is 32.6 Å². The van der Waals surface area contributed by atoms with E-state index in [1.54, 1.807) is 0 Å². The molecule has 1 radical (unpaired) electrons. The van der Waals surface area contributed by atoms with Gasteiger partial charge in [-0.25, -0.2) is 0 Å². The van der Waals surface area contributed by atoms with Crippen molar-refractivity contribution in [2.75, 3.05) is 6.61 Å². The minimum absolute atomic E-state index is 0.155. The van der Waals surface area contributed by atoms with Crippen molar-refractivity contribution < 1.29 is 14.3 Å². The summed E-state index contributed by atoms with van der Waals surface area (Å²) in [6.07, 6.45) is 6.45. The van der Waals surface area contributed by atoms with Crippen LogP contribution < -0.4 is 0 Å². The van der Waals surface area contributed by atoms with Crippen molar-refractivity contribution in [3.63, 3.8) is 0 Å². The molecule has 3 heteroatoms. The van der Waals surface area contributed by atoms with E-state index in [0.29, 0.717) is 12.5 Å². The lowest BCUT2D eigenvalue weighted by atomic mass is 9.76. The Morgan fingerprint density at radius 3 is 3.07 bits per heavy atom. The molecule has 2 rings (SSSR count). The highest BCUT2D eigenvalue weighted by atomic mass is 16.5. The van der Waals surface area contributed by atoms with Crippen LogP contribution in [0, 0.1) is 23.7 Å². The molecule has 3 atom stereocenters. The zero-order valence-electron chi connectivity index (χ0n) is 9.07. The van der Waals surface area contributed by atoms with E-state index in [0.717, 1.165) is 32.0 Å². The lowest BCUT2D eigenvalue weighted by molar-refractivity contribution is -0.158. The molecule has 2 fully saturated rings. The quantitative estimate of drug-likeness (QED) is 0.523. The summed E-state index contributed by atoms with van der Waals surface area (Å²) in [6, 6.07) is 0. The van der Waals surface area contributed by atoms with Crippen molar-refractivity contribution in [1.29, 1.82) is 0 Å². The highest BCUT2D eigenvalue weighted by molar-refractivity contribution is 5.83. The molecular weight excluding hydrogens is 192 g/mol. The van der Waals surface area contributed by atoms with Gasteiger partial charge in [-0.1, -0.05) is 6.92 Å². The topological polar surface area (TPSA) is 43.4 Å². The maximum atomic E-state index is 12.0. The number of fused-ring (bicyclic) bond motifs is 2. The molecule has 0 aromatic heterocycles. The van der Waals surface area contributed by atoms with Gasteiger partial charge in [-0.2, -0.15) is 0 Å². The average Bonchev–Trinajstić information content (AvgIpc) is 2.83. The molecule has 3 unspecified atom stereocenters. The van der Waals surface area contributed by atoms with Crippen LogP contribution >= 0.6 is 0 Å². The first-order valence-electron chi connectivity index (χ1n) is 5.70. The predicted molar refractivity (Wildman–Crippen MR) is 54.9 cm³/mol. The van der Waals surface area contributed by atoms with Crippen LogP contribution in [0.4, 0.5) is 0 Å². The zero-order valence-corrected chi connectivity index (χ0v) is 9.07. The SMILES string of the molecule is CCCOC(=O)C12CCC([CH]C1C=O)C2. The summed E-state index contributed by atoms with van der Waals surface area (Å²) in [4.78, 5) is 22.9. The predicted octanol–water partition coefficient (Wildman–Crippen LogP) is 1.76. The van der Waals surface area contributed by atoms with Crippen LogP contribution in [0.15, 0.2) is 0 Å². The summed E-state index contributed by atoms with van der Waals surface area (Å²) in [5, 5.41) is 0. The molecule has 0 heterocycles. The second-order valence-corrected chi connectivity index (χ2v) is 4.65. The monoisotopic (exact) mass is 209 g/mol. The van der Waals surface area contributed by atoms with Gasteiger partial charge in [0.05, 0.1) is 12.0 Å². The lowest BCUT2D eigenvalue weighted by Gasteiger charge is -2.28. The summed E-state index contributed by atoms with van der Waals surface area (Å²) in [6.45, 7) is 2.44. The van der Waals surface area contributed by atoms with Crippen LogP contribution in [0.25, 0.3) is 0 Å². The van der Waals surface area contributed by atoms with E-state index < -0.39 is 5.41 Å². The Balaban J connectivity index is 2.09. The summed E-state index contributed by atoms with van der Waals surface area (Å²) in [7, 11) is 0. The summed E-state index contributed by atoms with van der Waals surface area (Å²) < 4.78 is 5.21. The molecule has 2 aliphatic carbocycles. The number of hydrogen-bond donors (Lipinski definition) is 0. The van der Waals surface area contributed by atoms with Crippen molar-refractivity contribution in [3.05, 3.63) is 6.42 Å². The lowest BCUT2D eigenvalue weighted by Crippen LogP contribution is -2.36. The Kier molecular flexibility index (Phi) is 2.81. The number of hydrogen-bond acceptors (Lipinski definition) is 3. The van der Waals surface area contributed by atoms with E-state index >= 15 is 0 Å². The Morgan fingerprint density at radius 2 is 2.47 bits per heavy atom. The highest BCUT2D eigenvalue weighted by Crippen LogP contribution is 2.56. The van der Waals surface area contributed by atoms with Crippen molar-refractivity contribution in [2.24, 2.45) is 17.3 Å². The van der Waals surface area contributed by atoms with Gasteiger partial charge in [0, 0.05) is 5.92 Å². The Hall–Kier alpha value is -0.860. The smallest absolute Gasteiger partial charge is 0.312 e. The molecule has 2 bridgehead atoms. The molecule has 83 valence electrons. The van der Waals surface area contributed by atoms with Gasteiger partial charge in [-0.05, 0) is 38.0 Å². The second kappa shape index (κ2) is 3.95. The van der Waals surface area contributed by atoms with E-state index in [-0.39, 0.29) is 11.9 Å². The van der Waals surface area contributed by atoms with Crippen molar-refractivity contribution in [3.8, 4) is 0 Å². The van der Waals surface area contributed by atoms with Gasteiger partial charge in [0.15, 0.2) is 0 Å². The minimum atomic E-state index is -0.498. The number of carbonyl (C=O) groups is 2. The Bertz CT molecular complexity index is 274. The number of carbonyl (C=O) groups excluding carboxylic acids is 2. The van der Waals surface area contributed by atoms with Gasteiger partial charge >= 0.3 is 5.97 Å². The number of esters is 1. The number of ether oxygens (including phenoxy) is 1. The summed E-state index contributed by atoms with van der Waals surface area (Å²) in [5.74, 6) is 0.0904. The highest BCUT2D eigenvalue weighted by Gasteiger charge is 2.57. The van der Waals surface area contributed by atoms with Gasteiger partial charge < -0.3 is 9.53 Å². The van der Waals surface area contributed by atoms with Crippen LogP contribution in [0.3, 0.4) is 0 Å². The van der Waals surface area contributed by atoms with Gasteiger partial charge in [-0.3, -0.25) is 4.79 Å². The number of rotatable bonds is 4. The summed E-state index contributed by atoms with van der Waals surface area (Å²) in [5.41, 5.74) is -0.498. The molecule has 2 aliphatic rings. The fourth-order valence-corrected chi connectivity index (χ4v) is 2.89. The molecule has 15 heavy (non-hydrogen) atoms. The molecule has 3 nitrogen and oxygen atoms in total. The molecule has 0 aromatic rings. The molecule has 0 aromatic carbocycles. The van der Waals surface area contributed by atoms with Crippen molar-refractivity contribution in [1.82, 2.24) is 0 Å². The molecule has 0 aliphatic heterocycles. The van der Waals surface area contributed by atoms with E-state index in [1.807, 2.05) is 13.3 Å². The molecule has 0 spiro atoms. The van der Waals surface area contributed by atoms with Crippen molar-refractivity contribution in [2.45, 2.75) is 32.6 Å². The Morgan fingerprint density at radius 1 is 1.67 bits per heavy atom. The standard InChI is InChI=1S/C12H17O3/c1-2-5-15-11(14)12-4-3-9(7-12)6-10(12)8-13/h6,8-10H,2-5,7H2,1H3. The van der Waals surface area contributed by atoms with Gasteiger partial charge in [0.25, 0.3) is 0 Å². The van der Waals surface area contributed by atoms with Gasteiger partial charge in [-0.15, -0.1) is 0 Å². The summed E-state index contributed by atoms with van der Waals surface area (Å²) >= 11 is 0. The average molecular weight is 209 g/mol. The van der Waals surface area contributed by atoms with Gasteiger partial charge in [0.2, 0.25) is 0 Å². The number of aldehydes is 1. The molecule has 0 N–H and O–H groups in total. The third-order valence-electron chi connectivity index (χ3n) is 3.70. The Labute approximate surface area is 90.2 Å². The van der Waals surface area contributed by atoms with E-state index in [4.69, 9.17) is 4.74 Å². The second-order valence-electron chi connectivity index (χ2n) is 4.65. The van der Waals surface area contributed by atoms with Crippen LogP contribution in [-0.4, -0.2) is 18.9 Å². The first-order chi connectivity index (χ1) is 7.23. The molecular formula is C12H17O3. The zero-order chi connectivity index (χ0) is 10.9. The van der Waals surface area contributed by atoms with Crippen molar-refractivity contribution >= 4 is 12.3 Å². The van der Waals surface area contributed by atoms with E-state index in [2.05, 4.69) is 0 Å². The maximum Gasteiger partial charge on any atom is 0.312 e. The van der Waals surface area contributed by atoms with Crippen LogP contribution in [0.5, 0.6) is 0 Å². The van der Waals surface area contributed by atoms with E-state index in [9.17, 15) is 9.59 Å². The maximum absolute atomic E-state index is 12.0. The minimum Gasteiger partial charge on any atom is -0.465 e. The first-order valence-corrected chi connectivity index (χ1v) is 5.70. The normalized spacial score (nSPS) is 37.9. The molecule has 0 amide bonds. The third kappa shape index (κ3) is 1.58. The van der Waals surface area contributed by atoms with Crippen LogP contribution in [0.2, 0.25) is 0 Å². The molecule has 2 saturated carbocycles. The van der Waals surface area contributed by atoms with Crippen LogP contribution in [-0.2, 0) is 14.3 Å². The largest absolute Gasteiger partial charge is 0.465 e. The fraction of sp³-hybridized carbons (Fsp3) is 0.750. The fourth-order valence-electron chi connectivity index (χ4n) is 2.89. The molecule has 0 saturated heterocycles. The first kappa shape index (κ1) is 10.7.